The van der Waals surface area contributed by atoms with Gasteiger partial charge in [-0.05, 0) is 95.1 Å². The zero-order valence-electron chi connectivity index (χ0n) is 35.3. The largest absolute Gasteiger partial charge is 0.326 e. The van der Waals surface area contributed by atoms with Gasteiger partial charge in [0.25, 0.3) is 23.6 Å². The maximum absolute atomic E-state index is 12.4. The van der Waals surface area contributed by atoms with Crippen molar-refractivity contribution in [2.75, 3.05) is 39.5 Å². The number of carbonyl (C=O) groups is 4. The van der Waals surface area contributed by atoms with Crippen LogP contribution in [0, 0.1) is 0 Å². The molecular weight excluding hydrogens is 712 g/mol. The van der Waals surface area contributed by atoms with Gasteiger partial charge in [-0.2, -0.15) is 9.78 Å². The molecule has 0 fully saturated rings. The monoisotopic (exact) mass is 776 g/mol. The zero-order valence-corrected chi connectivity index (χ0v) is 35.3. The zero-order chi connectivity index (χ0) is 41.6. The molecular formula is C41H64N2O12. The van der Waals surface area contributed by atoms with Crippen molar-refractivity contribution < 1.29 is 57.7 Å². The van der Waals surface area contributed by atoms with E-state index < -0.39 is 23.1 Å². The molecule has 0 spiro atoms. The maximum Gasteiger partial charge on any atom is 0.313 e. The summed E-state index contributed by atoms with van der Waals surface area (Å²) in [4.78, 5) is 74.3. The average molecular weight is 777 g/mol. The fourth-order valence-electron chi connectivity index (χ4n) is 5.85. The SMILES string of the molecule is CCCC(C)(C)OOC(CCN1C(=O)C(C)=C(C)C1=O)(OCC)OCC.CCOC(CCN1C(=O)C(C)=C(C)C1=O)(OCC)OOC(C)(C)c1ccccc1. The number of rotatable bonds is 23. The fourth-order valence-corrected chi connectivity index (χ4v) is 5.85. The molecule has 3 rings (SSSR count). The lowest BCUT2D eigenvalue weighted by atomic mass is 9.99. The molecule has 0 atom stereocenters. The summed E-state index contributed by atoms with van der Waals surface area (Å²) in [5, 5.41) is 0. The molecule has 4 amide bonds. The predicted octanol–water partition coefficient (Wildman–Crippen LogP) is 7.03. The van der Waals surface area contributed by atoms with E-state index in [9.17, 15) is 19.2 Å². The Bertz CT molecular complexity index is 1460. The summed E-state index contributed by atoms with van der Waals surface area (Å²) in [5.74, 6) is -4.21. The van der Waals surface area contributed by atoms with Crippen molar-refractivity contribution in [3.05, 3.63) is 58.2 Å². The second kappa shape index (κ2) is 21.3. The van der Waals surface area contributed by atoms with Crippen LogP contribution >= 0.6 is 0 Å². The van der Waals surface area contributed by atoms with Crippen LogP contribution in [0.25, 0.3) is 0 Å². The van der Waals surface area contributed by atoms with Gasteiger partial charge in [0.05, 0.1) is 18.4 Å². The van der Waals surface area contributed by atoms with Crippen LogP contribution < -0.4 is 0 Å². The Morgan fingerprint density at radius 2 is 0.836 bits per heavy atom. The molecule has 310 valence electrons. The number of amides is 4. The summed E-state index contributed by atoms with van der Waals surface area (Å²) >= 11 is 0. The number of benzene rings is 1. The molecule has 0 saturated carbocycles. The molecule has 1 aromatic carbocycles. The first-order chi connectivity index (χ1) is 25.8. The molecule has 2 heterocycles. The minimum atomic E-state index is -1.54. The second-order valence-electron chi connectivity index (χ2n) is 14.3. The molecule has 0 radical (unpaired) electrons. The highest BCUT2D eigenvalue weighted by molar-refractivity contribution is 6.19. The topological polar surface area (TPSA) is 149 Å². The number of hydrogen-bond acceptors (Lipinski definition) is 12. The molecule has 0 N–H and O–H groups in total. The smallest absolute Gasteiger partial charge is 0.313 e. The predicted molar refractivity (Wildman–Crippen MR) is 204 cm³/mol. The van der Waals surface area contributed by atoms with Crippen molar-refractivity contribution in [1.82, 2.24) is 9.80 Å². The number of imide groups is 2. The summed E-state index contributed by atoms with van der Waals surface area (Å²) in [6.45, 7) is 24.9. The molecule has 2 aliphatic heterocycles. The van der Waals surface area contributed by atoms with Crippen molar-refractivity contribution in [3.63, 3.8) is 0 Å². The number of carbonyl (C=O) groups excluding carboxylic acids is 4. The van der Waals surface area contributed by atoms with Crippen LogP contribution in [0.3, 0.4) is 0 Å². The number of ether oxygens (including phenoxy) is 4. The van der Waals surface area contributed by atoms with Crippen molar-refractivity contribution in [3.8, 4) is 0 Å². The van der Waals surface area contributed by atoms with E-state index in [4.69, 9.17) is 38.5 Å². The van der Waals surface area contributed by atoms with E-state index in [1.54, 1.807) is 27.7 Å². The third kappa shape index (κ3) is 12.8. The van der Waals surface area contributed by atoms with Crippen LogP contribution in [0.2, 0.25) is 0 Å². The van der Waals surface area contributed by atoms with E-state index in [1.165, 1.54) is 9.80 Å². The quantitative estimate of drug-likeness (QED) is 0.0486. The third-order valence-corrected chi connectivity index (χ3v) is 9.22. The van der Waals surface area contributed by atoms with Crippen LogP contribution in [-0.2, 0) is 63.3 Å². The minimum absolute atomic E-state index is 0.0848. The normalized spacial score (nSPS) is 15.9. The van der Waals surface area contributed by atoms with Crippen molar-refractivity contribution in [1.29, 1.82) is 0 Å². The van der Waals surface area contributed by atoms with Gasteiger partial charge >= 0.3 is 11.9 Å². The van der Waals surface area contributed by atoms with Gasteiger partial charge in [0.2, 0.25) is 0 Å². The third-order valence-electron chi connectivity index (χ3n) is 9.22. The van der Waals surface area contributed by atoms with Gasteiger partial charge in [-0.15, -0.1) is 0 Å². The van der Waals surface area contributed by atoms with Gasteiger partial charge in [0.15, 0.2) is 0 Å². The van der Waals surface area contributed by atoms with Gasteiger partial charge in [-0.1, -0.05) is 43.7 Å². The lowest BCUT2D eigenvalue weighted by molar-refractivity contribution is -0.531. The number of hydrogen-bond donors (Lipinski definition) is 0. The fraction of sp³-hybridized carbons (Fsp3) is 0.659. The summed E-state index contributed by atoms with van der Waals surface area (Å²) < 4.78 is 22.9. The molecule has 14 heteroatoms. The second-order valence-corrected chi connectivity index (χ2v) is 14.3. The van der Waals surface area contributed by atoms with Crippen LogP contribution in [0.15, 0.2) is 52.6 Å². The lowest BCUT2D eigenvalue weighted by Gasteiger charge is -2.35. The minimum Gasteiger partial charge on any atom is -0.326 e. The summed E-state index contributed by atoms with van der Waals surface area (Å²) in [6, 6.07) is 9.63. The highest BCUT2D eigenvalue weighted by Gasteiger charge is 2.43. The molecule has 0 unspecified atom stereocenters. The van der Waals surface area contributed by atoms with E-state index in [2.05, 4.69) is 6.92 Å². The summed E-state index contributed by atoms with van der Waals surface area (Å²) in [6.07, 6.45) is 1.99. The molecule has 0 saturated heterocycles. The van der Waals surface area contributed by atoms with Crippen LogP contribution in [0.5, 0.6) is 0 Å². The van der Waals surface area contributed by atoms with Crippen molar-refractivity contribution in [2.45, 2.75) is 139 Å². The number of nitrogens with zero attached hydrogens (tertiary/aromatic N) is 2. The highest BCUT2D eigenvalue weighted by Crippen LogP contribution is 2.32. The Labute approximate surface area is 327 Å². The molecule has 0 aromatic heterocycles. The maximum atomic E-state index is 12.4. The van der Waals surface area contributed by atoms with E-state index >= 15 is 0 Å². The molecule has 1 aromatic rings. The van der Waals surface area contributed by atoms with Crippen LogP contribution in [0.1, 0.15) is 121 Å². The standard InChI is InChI=1S/C22H31NO6.C19H33NO6/c1-7-26-22(27-8-2,14-15-23-19(24)16(3)17(4)20(23)25)29-28-21(5,6)18-12-10-9-11-13-18;1-8-11-18(6,7)25-26-19(23-9-2,24-10-3)12-13-20-16(21)14(4)15(5)17(20)22/h9-13H,7-8,14-15H2,1-6H3;8-13H2,1-7H3. The van der Waals surface area contributed by atoms with Gasteiger partial charge in [0.1, 0.15) is 5.60 Å². The Kier molecular flexibility index (Phi) is 18.5. The first-order valence-corrected chi connectivity index (χ1v) is 19.2. The molecule has 2 aliphatic rings. The first-order valence-electron chi connectivity index (χ1n) is 19.2. The van der Waals surface area contributed by atoms with Gasteiger partial charge in [-0.3, -0.25) is 29.0 Å². The Balaban J connectivity index is 0.000000383. The molecule has 0 bridgehead atoms. The highest BCUT2D eigenvalue weighted by atomic mass is 17.3. The van der Waals surface area contributed by atoms with Crippen molar-refractivity contribution >= 4 is 23.6 Å². The van der Waals surface area contributed by atoms with Gasteiger partial charge in [0, 0.05) is 61.8 Å². The van der Waals surface area contributed by atoms with Gasteiger partial charge in [-0.25, -0.2) is 9.78 Å². The summed E-state index contributed by atoms with van der Waals surface area (Å²) in [7, 11) is 0. The van der Waals surface area contributed by atoms with E-state index in [0.717, 1.165) is 18.4 Å². The van der Waals surface area contributed by atoms with Crippen LogP contribution in [-0.4, -0.2) is 90.5 Å². The Morgan fingerprint density at radius 1 is 0.491 bits per heavy atom. The van der Waals surface area contributed by atoms with E-state index in [0.29, 0.717) is 48.7 Å². The Hall–Kier alpha value is -3.34. The molecule has 14 nitrogen and oxygen atoms in total. The average Bonchev–Trinajstić information content (AvgIpc) is 3.45. The Morgan fingerprint density at radius 3 is 1.16 bits per heavy atom. The summed E-state index contributed by atoms with van der Waals surface area (Å²) in [5.41, 5.74) is 1.48. The van der Waals surface area contributed by atoms with Gasteiger partial charge < -0.3 is 18.9 Å². The van der Waals surface area contributed by atoms with E-state index in [1.807, 2.05) is 85.7 Å². The van der Waals surface area contributed by atoms with E-state index in [-0.39, 0.29) is 49.6 Å². The first kappa shape index (κ1) is 47.8. The van der Waals surface area contributed by atoms with Crippen molar-refractivity contribution in [2.24, 2.45) is 0 Å². The molecule has 0 aliphatic carbocycles. The van der Waals surface area contributed by atoms with Crippen LogP contribution in [0.4, 0.5) is 0 Å². The molecule has 55 heavy (non-hydrogen) atoms. The lowest BCUT2D eigenvalue weighted by Crippen LogP contribution is -2.46.